The van der Waals surface area contributed by atoms with Gasteiger partial charge < -0.3 is 0 Å². The van der Waals surface area contributed by atoms with Gasteiger partial charge in [-0.15, -0.1) is 0 Å². The maximum atomic E-state index is 12.6. The average molecular weight is 1020 g/mol. The number of benzene rings is 10. The highest BCUT2D eigenvalue weighted by atomic mass is 79.9. The Kier molecular flexibility index (Phi) is 11.6. The molecule has 0 heterocycles. The molecule has 0 unspecified atom stereocenters. The Morgan fingerprint density at radius 1 is 0.214 bits per heavy atom. The van der Waals surface area contributed by atoms with Crippen molar-refractivity contribution in [3.63, 3.8) is 0 Å². The zero-order valence-electron chi connectivity index (χ0n) is 28.1. The van der Waals surface area contributed by atoms with Crippen LogP contribution in [0, 0.1) is 46.5 Å². The van der Waals surface area contributed by atoms with Crippen LogP contribution in [-0.2, 0) is 0 Å². The molecule has 56 heavy (non-hydrogen) atoms. The third kappa shape index (κ3) is 7.21. The third-order valence-electron chi connectivity index (χ3n) is 9.10. The van der Waals surface area contributed by atoms with Crippen LogP contribution in [0.5, 0.6) is 0 Å². The van der Waals surface area contributed by atoms with Crippen LogP contribution in [-0.4, -0.2) is 0 Å². The van der Waals surface area contributed by atoms with Gasteiger partial charge in [-0.25, -0.2) is 35.1 Å². The quantitative estimate of drug-likeness (QED) is 0.0615. The smallest absolute Gasteiger partial charge is 0.198 e. The summed E-state index contributed by atoms with van der Waals surface area (Å²) in [6, 6.07) is 43.7. The summed E-state index contributed by atoms with van der Waals surface area (Å²) in [5.41, 5.74) is 0. The molecule has 0 amide bonds. The molecule has 0 atom stereocenters. The summed E-state index contributed by atoms with van der Waals surface area (Å²) in [5, 5.41) is 16.3. The van der Waals surface area contributed by atoms with E-state index in [1.807, 2.05) is 0 Å². The first kappa shape index (κ1) is 39.9. The molecule has 10 aromatic carbocycles. The lowest BCUT2D eigenvalue weighted by Gasteiger charge is -2.09. The maximum Gasteiger partial charge on any atom is 0.198 e. The first-order chi connectivity index (χ1) is 26.8. The largest absolute Gasteiger partial charge is 0.202 e. The summed E-state index contributed by atoms with van der Waals surface area (Å²) in [4.78, 5) is 0. The van der Waals surface area contributed by atoms with E-state index >= 15 is 0 Å². The van der Waals surface area contributed by atoms with E-state index in [0.29, 0.717) is 0 Å². The minimum atomic E-state index is -1.83. The molecule has 0 N–H and O–H groups in total. The molecule has 10 aromatic rings. The number of hydrogen-bond acceptors (Lipinski definition) is 0. The minimum Gasteiger partial charge on any atom is -0.202 e. The molecule has 0 aliphatic rings. The highest BCUT2D eigenvalue weighted by Gasteiger charge is 2.23. The fraction of sp³-hybridized carbons (Fsp3) is 0. The first-order valence-corrected chi connectivity index (χ1v) is 19.6. The van der Waals surface area contributed by atoms with Gasteiger partial charge in [0.15, 0.2) is 46.5 Å². The molecule has 0 aliphatic heterocycles. The van der Waals surface area contributed by atoms with E-state index in [0.717, 1.165) is 0 Å². The lowest BCUT2D eigenvalue weighted by molar-refractivity contribution is 0.403. The molecule has 0 bridgehead atoms. The van der Waals surface area contributed by atoms with E-state index in [2.05, 4.69) is 185 Å². The van der Waals surface area contributed by atoms with Gasteiger partial charge >= 0.3 is 0 Å². The van der Waals surface area contributed by atoms with Crippen molar-refractivity contribution in [1.82, 2.24) is 0 Å². The highest BCUT2D eigenvalue weighted by Crippen LogP contribution is 2.36. The van der Waals surface area contributed by atoms with E-state index in [4.69, 9.17) is 0 Å². The topological polar surface area (TPSA) is 0 Å². The second kappa shape index (κ2) is 16.2. The van der Waals surface area contributed by atoms with Crippen molar-refractivity contribution in [3.8, 4) is 0 Å². The van der Waals surface area contributed by atoms with E-state index in [-0.39, 0.29) is 0 Å². The molecular formula is C44H20Br4F8. The van der Waals surface area contributed by atoms with Crippen molar-refractivity contribution >= 4 is 128 Å². The summed E-state index contributed by atoms with van der Waals surface area (Å²) in [7, 11) is 0. The van der Waals surface area contributed by atoms with Crippen molar-refractivity contribution in [2.24, 2.45) is 0 Å². The van der Waals surface area contributed by atoms with Gasteiger partial charge in [-0.3, -0.25) is 0 Å². The second-order valence-corrected chi connectivity index (χ2v) is 15.5. The first-order valence-electron chi connectivity index (χ1n) is 16.4. The van der Waals surface area contributed by atoms with E-state index in [1.165, 1.54) is 64.6 Å². The van der Waals surface area contributed by atoms with Crippen molar-refractivity contribution in [3.05, 3.63) is 186 Å². The zero-order valence-corrected chi connectivity index (χ0v) is 34.4. The Labute approximate surface area is 346 Å². The Bertz CT molecular complexity index is 2400. The van der Waals surface area contributed by atoms with Crippen LogP contribution in [0.4, 0.5) is 35.1 Å². The van der Waals surface area contributed by atoms with E-state index < -0.39 is 64.4 Å². The van der Waals surface area contributed by atoms with Crippen molar-refractivity contribution < 1.29 is 35.1 Å². The second-order valence-electron chi connectivity index (χ2n) is 12.3. The van der Waals surface area contributed by atoms with E-state index in [9.17, 15) is 35.1 Å². The highest BCUT2D eigenvalue weighted by molar-refractivity contribution is 9.13. The standard InChI is InChI=1S/2C16H10.2C6Br2F4/c2*1-3-11-7-9-13-5-2-6-14-10-8-12(4-1)15(11)16(13)14;2*7-1-2(8)4(10)6(12)5(11)3(1)9/h2*1-10H;;. The number of rotatable bonds is 0. The van der Waals surface area contributed by atoms with Gasteiger partial charge in [0.1, 0.15) is 0 Å². The molecule has 0 radical (unpaired) electrons. The summed E-state index contributed by atoms with van der Waals surface area (Å²) in [6.45, 7) is 0. The van der Waals surface area contributed by atoms with Crippen LogP contribution >= 0.6 is 63.7 Å². The predicted molar refractivity (Wildman–Crippen MR) is 224 cm³/mol. The Morgan fingerprint density at radius 2 is 0.357 bits per heavy atom. The summed E-state index contributed by atoms with van der Waals surface area (Å²) >= 11 is 10.2. The van der Waals surface area contributed by atoms with Crippen molar-refractivity contribution in [1.29, 1.82) is 0 Å². The van der Waals surface area contributed by atoms with Gasteiger partial charge in [0.25, 0.3) is 0 Å². The summed E-state index contributed by atoms with van der Waals surface area (Å²) < 4.78 is 98.0. The molecule has 12 heteroatoms. The third-order valence-corrected chi connectivity index (χ3v) is 13.1. The van der Waals surface area contributed by atoms with Crippen molar-refractivity contribution in [2.45, 2.75) is 0 Å². The Hall–Kier alpha value is -4.36. The van der Waals surface area contributed by atoms with Gasteiger partial charge in [0, 0.05) is 0 Å². The van der Waals surface area contributed by atoms with E-state index in [1.54, 1.807) is 0 Å². The minimum absolute atomic E-state index is 0.473. The monoisotopic (exact) mass is 1020 g/mol. The normalized spacial score (nSPS) is 11.2. The molecule has 0 spiro atoms. The fourth-order valence-corrected chi connectivity index (χ4v) is 7.89. The molecule has 0 saturated heterocycles. The van der Waals surface area contributed by atoms with Crippen molar-refractivity contribution in [2.75, 3.05) is 0 Å². The molecule has 0 fully saturated rings. The molecule has 10 rings (SSSR count). The van der Waals surface area contributed by atoms with Gasteiger partial charge in [-0.2, -0.15) is 0 Å². The fourth-order valence-electron chi connectivity index (χ4n) is 6.50. The zero-order chi connectivity index (χ0) is 40.0. The maximum absolute atomic E-state index is 12.6. The molecular weight excluding hydrogens is 1000 g/mol. The van der Waals surface area contributed by atoms with Crippen LogP contribution < -0.4 is 0 Å². The van der Waals surface area contributed by atoms with Crippen LogP contribution in [0.1, 0.15) is 0 Å². The molecule has 0 nitrogen and oxygen atoms in total. The van der Waals surface area contributed by atoms with Gasteiger partial charge in [-0.05, 0) is 128 Å². The predicted octanol–water partition coefficient (Wildman–Crippen LogP) is 16.7. The lowest BCUT2D eigenvalue weighted by atomic mass is 9.95. The van der Waals surface area contributed by atoms with Crippen LogP contribution in [0.25, 0.3) is 64.6 Å². The summed E-state index contributed by atoms with van der Waals surface area (Å²) in [6.07, 6.45) is 0. The van der Waals surface area contributed by atoms with Gasteiger partial charge in [0.05, 0.1) is 17.9 Å². The van der Waals surface area contributed by atoms with Crippen LogP contribution in [0.3, 0.4) is 0 Å². The lowest BCUT2D eigenvalue weighted by Crippen LogP contribution is -1.98. The number of hydrogen-bond donors (Lipinski definition) is 0. The van der Waals surface area contributed by atoms with Crippen LogP contribution in [0.2, 0.25) is 0 Å². The summed E-state index contributed by atoms with van der Waals surface area (Å²) in [5.74, 6) is -13.2. The molecule has 0 aromatic heterocycles. The SMILES string of the molecule is Fc1c(F)c(F)c(Br)c(Br)c1F.Fc1c(F)c(F)c(Br)c(Br)c1F.c1cc2ccc3cccc4ccc(c1)c2c34.c1cc2ccc3cccc4ccc(c1)c2c34. The van der Waals surface area contributed by atoms with Crippen LogP contribution in [0.15, 0.2) is 139 Å². The Morgan fingerprint density at radius 3 is 0.500 bits per heavy atom. The average Bonchev–Trinajstić information content (AvgIpc) is 3.24. The van der Waals surface area contributed by atoms with Gasteiger partial charge in [0.2, 0.25) is 0 Å². The number of halogens is 12. The molecule has 0 aliphatic carbocycles. The molecule has 0 saturated carbocycles. The van der Waals surface area contributed by atoms with Gasteiger partial charge in [-0.1, -0.05) is 121 Å². The molecule has 280 valence electrons. The Balaban J connectivity index is 0.000000116.